The van der Waals surface area contributed by atoms with Gasteiger partial charge >= 0.3 is 0 Å². The molecule has 82 heavy (non-hydrogen) atoms. The average Bonchev–Trinajstić information content (AvgIpc) is 1.69. The van der Waals surface area contributed by atoms with Crippen LogP contribution in [0.4, 0.5) is 5.69 Å². The lowest BCUT2D eigenvalue weighted by molar-refractivity contribution is 0.794. The highest BCUT2D eigenvalue weighted by atomic mass is 14.8. The summed E-state index contributed by atoms with van der Waals surface area (Å²) in [6.07, 6.45) is 9.63. The van der Waals surface area contributed by atoms with Crippen LogP contribution in [0.2, 0.25) is 0 Å². The van der Waals surface area contributed by atoms with E-state index in [1.165, 1.54) is 0 Å². The van der Waals surface area contributed by atoms with E-state index in [0.29, 0.717) is 0 Å². The van der Waals surface area contributed by atoms with Gasteiger partial charge in [0.05, 0.1) is 72.5 Å². The molecule has 15 aromatic rings. The molecule has 2 aliphatic rings. The summed E-state index contributed by atoms with van der Waals surface area (Å²) < 4.78 is 0. The van der Waals surface area contributed by atoms with Crippen molar-refractivity contribution in [3.05, 3.63) is 259 Å². The molecule has 7 heterocycles. The summed E-state index contributed by atoms with van der Waals surface area (Å²) in [6.45, 7) is 6.03. The van der Waals surface area contributed by atoms with E-state index < -0.39 is 5.41 Å². The number of benzene rings is 8. The van der Waals surface area contributed by atoms with E-state index in [9.17, 15) is 0 Å². The minimum Gasteiger partial charge on any atom is -0.262 e. The Morgan fingerprint density at radius 3 is 0.988 bits per heavy atom. The first-order chi connectivity index (χ1) is 40.5. The van der Waals surface area contributed by atoms with Gasteiger partial charge in [-0.15, -0.1) is 0 Å². The molecule has 0 atom stereocenters. The summed E-state index contributed by atoms with van der Waals surface area (Å²) in [5.41, 5.74) is 23.6. The van der Waals surface area contributed by atoms with Crippen LogP contribution in [0.25, 0.3) is 150 Å². The number of allylic oxidation sites excluding steroid dienone is 1. The Hall–Kier alpha value is -11.0. The Labute approximate surface area is 470 Å². The van der Waals surface area contributed by atoms with Crippen LogP contribution in [-0.4, -0.2) is 41.6 Å². The van der Waals surface area contributed by atoms with Gasteiger partial charge in [0.25, 0.3) is 0 Å². The molecule has 0 saturated heterocycles. The maximum atomic E-state index is 5.45. The molecule has 2 aliphatic carbocycles. The first kappa shape index (κ1) is 46.0. The molecule has 0 N–H and O–H groups in total. The Morgan fingerprint density at radius 1 is 0.341 bits per heavy atom. The second-order valence-corrected chi connectivity index (χ2v) is 21.4. The van der Waals surface area contributed by atoms with E-state index in [1.54, 1.807) is 0 Å². The Kier molecular flexibility index (Phi) is 9.83. The molecule has 1 spiro atoms. The van der Waals surface area contributed by atoms with E-state index in [-0.39, 0.29) is 0 Å². The molecule has 8 aromatic carbocycles. The van der Waals surface area contributed by atoms with Gasteiger partial charge in [0, 0.05) is 84.1 Å². The molecule has 0 fully saturated rings. The van der Waals surface area contributed by atoms with E-state index in [2.05, 4.69) is 206 Å². The van der Waals surface area contributed by atoms with Crippen molar-refractivity contribution in [2.45, 2.75) is 12.3 Å². The zero-order valence-electron chi connectivity index (χ0n) is 44.3. The number of rotatable bonds is 6. The largest absolute Gasteiger partial charge is 0.262 e. The molecular formula is C74H44N8. The summed E-state index contributed by atoms with van der Waals surface area (Å²) in [5, 5.41) is 7.28. The van der Waals surface area contributed by atoms with E-state index in [1.807, 2.05) is 49.8 Å². The standard InChI is InChI=1S/C74H44N8/c1-3-7-42-11-15-46-23-31-62(79-70(46)66(42)75-2)50-19-27-54-55-28-20-51(63-32-24-47-16-12-43-8-4-35-76-67(43)71(47)80-63)39-59(55)74(58(54)38-50)60-40-52(64-33-25-48-17-13-44-9-5-36-77-68(44)72(48)81-64)21-29-56(60)57-30-22-53(41-61(57)74)65-34-26-49-18-14-45-10-6-37-78-69(45)73(49)82-65/h3-41H,2H2,1H3/b7-3-. The number of aliphatic imine (C=N–C) groups is 1. The number of hydrogen-bond acceptors (Lipinski definition) is 8. The van der Waals surface area contributed by atoms with Crippen molar-refractivity contribution in [3.8, 4) is 67.3 Å². The van der Waals surface area contributed by atoms with Gasteiger partial charge in [-0.1, -0.05) is 152 Å². The van der Waals surface area contributed by atoms with Crippen LogP contribution in [-0.2, 0) is 5.41 Å². The average molecular weight is 1050 g/mol. The molecule has 0 aliphatic heterocycles. The van der Waals surface area contributed by atoms with Crippen molar-refractivity contribution in [2.75, 3.05) is 0 Å². The summed E-state index contributed by atoms with van der Waals surface area (Å²) >= 11 is 0. The minimum absolute atomic E-state index is 0.761. The lowest BCUT2D eigenvalue weighted by Gasteiger charge is -2.31. The smallest absolute Gasteiger partial charge is 0.0972 e. The van der Waals surface area contributed by atoms with Gasteiger partial charge in [-0.05, 0) is 125 Å². The Morgan fingerprint density at radius 2 is 0.646 bits per heavy atom. The van der Waals surface area contributed by atoms with Crippen LogP contribution >= 0.6 is 0 Å². The lowest BCUT2D eigenvalue weighted by atomic mass is 9.69. The normalized spacial score (nSPS) is 13.0. The fourth-order valence-electron chi connectivity index (χ4n) is 13.3. The molecule has 0 amide bonds. The highest BCUT2D eigenvalue weighted by Gasteiger charge is 2.52. The fraction of sp³-hybridized carbons (Fsp3) is 0.0270. The summed E-state index contributed by atoms with van der Waals surface area (Å²) in [6, 6.07) is 74.2. The number of pyridine rings is 7. The first-order valence-electron chi connectivity index (χ1n) is 27.6. The van der Waals surface area contributed by atoms with Crippen LogP contribution < -0.4 is 0 Å². The molecule has 0 saturated carbocycles. The zero-order chi connectivity index (χ0) is 54.2. The van der Waals surface area contributed by atoms with Crippen LogP contribution in [0.15, 0.2) is 236 Å². The number of aromatic nitrogens is 7. The second kappa shape index (κ2) is 17.5. The number of nitrogens with zero attached hydrogens (tertiary/aromatic N) is 8. The van der Waals surface area contributed by atoms with Crippen LogP contribution in [0.3, 0.4) is 0 Å². The third-order valence-electron chi connectivity index (χ3n) is 17.1. The maximum Gasteiger partial charge on any atom is 0.0972 e. The quantitative estimate of drug-likeness (QED) is 0.121. The SMILES string of the molecule is C=Nc1c(/C=C\C)ccc2ccc(-c3ccc4c(c3)C3(c5cc(-c6ccc7ccc8cccnc8c7n6)ccc5-4)c4cc(-c5ccc6ccc7cccnc7c6n5)ccc4-c4ccc(-c5ccc6ccc7cccnc7c6n5)cc43)nc12. The first-order valence-corrected chi connectivity index (χ1v) is 27.6. The molecule has 0 unspecified atom stereocenters. The van der Waals surface area contributed by atoms with E-state index in [4.69, 9.17) is 34.9 Å². The van der Waals surface area contributed by atoms with Gasteiger partial charge in [-0.2, -0.15) is 0 Å². The number of hydrogen-bond donors (Lipinski definition) is 0. The monoisotopic (exact) mass is 1040 g/mol. The van der Waals surface area contributed by atoms with Gasteiger partial charge in [0.1, 0.15) is 0 Å². The minimum atomic E-state index is -0.863. The third-order valence-corrected chi connectivity index (χ3v) is 17.1. The van der Waals surface area contributed by atoms with Crippen LogP contribution in [0, 0.1) is 0 Å². The molecule has 0 radical (unpaired) electrons. The lowest BCUT2D eigenvalue weighted by Crippen LogP contribution is -2.26. The van der Waals surface area contributed by atoms with Crippen molar-refractivity contribution in [3.63, 3.8) is 0 Å². The highest BCUT2D eigenvalue weighted by molar-refractivity contribution is 6.07. The van der Waals surface area contributed by atoms with Gasteiger partial charge in [-0.3, -0.25) is 19.9 Å². The molecule has 0 bridgehead atoms. The fourth-order valence-corrected chi connectivity index (χ4v) is 13.3. The van der Waals surface area contributed by atoms with Gasteiger partial charge < -0.3 is 0 Å². The zero-order valence-corrected chi connectivity index (χ0v) is 44.3. The summed E-state index contributed by atoms with van der Waals surface area (Å²) in [4.78, 5) is 40.9. The van der Waals surface area contributed by atoms with Crippen LogP contribution in [0.1, 0.15) is 34.7 Å². The Bertz CT molecular complexity index is 5000. The van der Waals surface area contributed by atoms with Crippen molar-refractivity contribution in [1.82, 2.24) is 34.9 Å². The summed E-state index contributed by atoms with van der Waals surface area (Å²) in [7, 11) is 0. The second-order valence-electron chi connectivity index (χ2n) is 21.4. The number of fused-ring (bicyclic) bond motifs is 20. The van der Waals surface area contributed by atoms with Crippen molar-refractivity contribution in [1.29, 1.82) is 0 Å². The van der Waals surface area contributed by atoms with E-state index in [0.717, 1.165) is 177 Å². The van der Waals surface area contributed by atoms with E-state index >= 15 is 0 Å². The highest BCUT2D eigenvalue weighted by Crippen LogP contribution is 2.64. The topological polar surface area (TPSA) is 103 Å². The molecule has 8 heteroatoms. The molecule has 17 rings (SSSR count). The third kappa shape index (κ3) is 6.66. The molecule has 8 nitrogen and oxygen atoms in total. The predicted molar refractivity (Wildman–Crippen MR) is 336 cm³/mol. The van der Waals surface area contributed by atoms with Gasteiger partial charge in [0.2, 0.25) is 0 Å². The van der Waals surface area contributed by atoms with Crippen LogP contribution in [0.5, 0.6) is 0 Å². The van der Waals surface area contributed by atoms with Crippen molar-refractivity contribution < 1.29 is 0 Å². The van der Waals surface area contributed by atoms with Gasteiger partial charge in [-0.25, -0.2) is 19.9 Å². The van der Waals surface area contributed by atoms with Gasteiger partial charge in [0.15, 0.2) is 0 Å². The Balaban J connectivity index is 0.953. The van der Waals surface area contributed by atoms with Crippen molar-refractivity contribution >= 4 is 94.8 Å². The molecule has 380 valence electrons. The maximum absolute atomic E-state index is 5.45. The predicted octanol–water partition coefficient (Wildman–Crippen LogP) is 17.9. The molecule has 7 aromatic heterocycles. The van der Waals surface area contributed by atoms with Crippen molar-refractivity contribution in [2.24, 2.45) is 4.99 Å². The summed E-state index contributed by atoms with van der Waals surface area (Å²) in [5.74, 6) is 0. The molecular weight excluding hydrogens is 1000 g/mol.